The smallest absolute Gasteiger partial charge is 0.407 e. The molecule has 0 spiro atoms. The maximum absolute atomic E-state index is 12.3. The number of para-hydroxylation sites is 1. The highest BCUT2D eigenvalue weighted by Crippen LogP contribution is 2.28. The Balaban J connectivity index is 1.70. The minimum absolute atomic E-state index is 0.0577. The molecule has 0 saturated heterocycles. The average molecular weight is 519 g/mol. The summed E-state index contributed by atoms with van der Waals surface area (Å²) in [6.07, 6.45) is 0.923. The van der Waals surface area contributed by atoms with Crippen molar-refractivity contribution in [3.63, 3.8) is 0 Å². The molecule has 35 heavy (non-hydrogen) atoms. The van der Waals surface area contributed by atoms with Crippen LogP contribution < -0.4 is 20.7 Å². The van der Waals surface area contributed by atoms with E-state index in [9.17, 15) is 13.2 Å². The lowest BCUT2D eigenvalue weighted by Crippen LogP contribution is -2.32. The van der Waals surface area contributed by atoms with Gasteiger partial charge in [0, 0.05) is 12.2 Å². The van der Waals surface area contributed by atoms with Crippen LogP contribution in [0.2, 0.25) is 5.02 Å². The molecule has 1 heterocycles. The van der Waals surface area contributed by atoms with E-state index < -0.39 is 21.7 Å². The van der Waals surface area contributed by atoms with Crippen LogP contribution in [0.3, 0.4) is 0 Å². The summed E-state index contributed by atoms with van der Waals surface area (Å²) in [6, 6.07) is 13.7. The third-order valence-corrected chi connectivity index (χ3v) is 6.24. The van der Waals surface area contributed by atoms with E-state index in [1.807, 2.05) is 24.3 Å². The third kappa shape index (κ3) is 7.54. The number of rotatable bonds is 8. The number of nitrogens with zero attached hydrogens (tertiary/aromatic N) is 2. The monoisotopic (exact) mass is 518 g/mol. The van der Waals surface area contributed by atoms with Crippen LogP contribution in [0, 0.1) is 0 Å². The maximum Gasteiger partial charge on any atom is 0.407 e. The van der Waals surface area contributed by atoms with Crippen LogP contribution in [0.4, 0.5) is 27.9 Å². The van der Waals surface area contributed by atoms with Crippen molar-refractivity contribution in [1.29, 1.82) is 0 Å². The number of anilines is 4. The molecular formula is C23H27ClN6O4S. The molecule has 12 heteroatoms. The van der Waals surface area contributed by atoms with Crippen LogP contribution in [0.15, 0.2) is 59.6 Å². The maximum atomic E-state index is 12.3. The first kappa shape index (κ1) is 26.2. The first-order chi connectivity index (χ1) is 16.5. The SMILES string of the molecule is CNS(=O)(=O)c1ccccc1Nc1nc(Nc2ccc(CNC(=O)OC(C)(C)C)cc2)ncc1Cl. The fraction of sp³-hybridized carbons (Fsp3) is 0.261. The highest BCUT2D eigenvalue weighted by molar-refractivity contribution is 7.89. The second-order valence-electron chi connectivity index (χ2n) is 8.40. The summed E-state index contributed by atoms with van der Waals surface area (Å²) in [4.78, 5) is 20.4. The zero-order chi connectivity index (χ0) is 25.6. The number of hydrogen-bond donors (Lipinski definition) is 4. The van der Waals surface area contributed by atoms with E-state index in [2.05, 4.69) is 30.6 Å². The van der Waals surface area contributed by atoms with Crippen molar-refractivity contribution >= 4 is 50.9 Å². The Morgan fingerprint density at radius 2 is 1.74 bits per heavy atom. The zero-order valence-electron chi connectivity index (χ0n) is 19.7. The van der Waals surface area contributed by atoms with Gasteiger partial charge in [0.15, 0.2) is 5.82 Å². The number of amides is 1. The topological polar surface area (TPSA) is 134 Å². The van der Waals surface area contributed by atoms with E-state index in [0.29, 0.717) is 17.9 Å². The molecule has 186 valence electrons. The largest absolute Gasteiger partial charge is 0.444 e. The molecule has 0 unspecified atom stereocenters. The first-order valence-electron chi connectivity index (χ1n) is 10.6. The van der Waals surface area contributed by atoms with Crippen molar-refractivity contribution in [2.45, 2.75) is 37.8 Å². The van der Waals surface area contributed by atoms with Gasteiger partial charge in [0.2, 0.25) is 16.0 Å². The predicted octanol–water partition coefficient (Wildman–Crippen LogP) is 4.55. The predicted molar refractivity (Wildman–Crippen MR) is 136 cm³/mol. The van der Waals surface area contributed by atoms with Crippen molar-refractivity contribution in [2.24, 2.45) is 0 Å². The van der Waals surface area contributed by atoms with Gasteiger partial charge in [-0.2, -0.15) is 4.98 Å². The number of alkyl carbamates (subject to hydrolysis) is 1. The fourth-order valence-electron chi connectivity index (χ4n) is 2.88. The standard InChI is InChI=1S/C23H27ClN6O4S/c1-23(2,3)34-22(31)27-13-15-9-11-16(12-10-15)28-21-26-14-17(24)20(30-21)29-18-7-5-6-8-19(18)35(32,33)25-4/h5-12,14,25H,13H2,1-4H3,(H,27,31)(H2,26,28,29,30). The molecule has 0 aliphatic rings. The van der Waals surface area contributed by atoms with Crippen LogP contribution in [0.5, 0.6) is 0 Å². The number of carbonyl (C=O) groups excluding carboxylic acids is 1. The number of carbonyl (C=O) groups is 1. The molecule has 0 atom stereocenters. The van der Waals surface area contributed by atoms with Gasteiger partial charge in [-0.1, -0.05) is 35.9 Å². The van der Waals surface area contributed by atoms with E-state index in [1.165, 1.54) is 19.3 Å². The first-order valence-corrected chi connectivity index (χ1v) is 12.5. The Kier molecular flexibility index (Phi) is 8.15. The molecular weight excluding hydrogens is 492 g/mol. The molecule has 0 radical (unpaired) electrons. The minimum Gasteiger partial charge on any atom is -0.444 e. The van der Waals surface area contributed by atoms with Crippen molar-refractivity contribution in [3.05, 3.63) is 65.3 Å². The van der Waals surface area contributed by atoms with Gasteiger partial charge in [-0.25, -0.2) is 22.9 Å². The Morgan fingerprint density at radius 1 is 1.06 bits per heavy atom. The molecule has 0 bridgehead atoms. The molecule has 1 amide bonds. The van der Waals surface area contributed by atoms with Crippen LogP contribution in [-0.4, -0.2) is 37.1 Å². The molecule has 0 aliphatic heterocycles. The quantitative estimate of drug-likeness (QED) is 0.341. The summed E-state index contributed by atoms with van der Waals surface area (Å²) < 4.78 is 32.2. The van der Waals surface area contributed by atoms with Gasteiger partial charge >= 0.3 is 6.09 Å². The summed E-state index contributed by atoms with van der Waals surface area (Å²) in [5.74, 6) is 0.492. The Bertz CT molecular complexity index is 1290. The molecule has 0 fully saturated rings. The van der Waals surface area contributed by atoms with Gasteiger partial charge in [-0.05, 0) is 57.6 Å². The zero-order valence-corrected chi connectivity index (χ0v) is 21.3. The molecule has 2 aromatic carbocycles. The van der Waals surface area contributed by atoms with Gasteiger partial charge in [-0.3, -0.25) is 0 Å². The van der Waals surface area contributed by atoms with Crippen molar-refractivity contribution < 1.29 is 17.9 Å². The van der Waals surface area contributed by atoms with E-state index in [4.69, 9.17) is 16.3 Å². The number of halogens is 1. The van der Waals surface area contributed by atoms with Crippen molar-refractivity contribution in [1.82, 2.24) is 20.0 Å². The summed E-state index contributed by atoms with van der Waals surface area (Å²) in [7, 11) is -2.35. The highest BCUT2D eigenvalue weighted by Gasteiger charge is 2.18. The lowest BCUT2D eigenvalue weighted by atomic mass is 10.2. The van der Waals surface area contributed by atoms with Crippen LogP contribution in [-0.2, 0) is 21.3 Å². The number of benzene rings is 2. The van der Waals surface area contributed by atoms with Crippen LogP contribution in [0.25, 0.3) is 0 Å². The number of hydrogen-bond acceptors (Lipinski definition) is 8. The van der Waals surface area contributed by atoms with E-state index in [-0.39, 0.29) is 21.7 Å². The van der Waals surface area contributed by atoms with Crippen molar-refractivity contribution in [2.75, 3.05) is 17.7 Å². The van der Waals surface area contributed by atoms with Gasteiger partial charge in [0.05, 0.1) is 11.9 Å². The summed E-state index contributed by atoms with van der Waals surface area (Å²) in [5, 5.41) is 8.96. The second kappa shape index (κ2) is 10.9. The third-order valence-electron chi connectivity index (χ3n) is 4.49. The van der Waals surface area contributed by atoms with E-state index in [0.717, 1.165) is 5.56 Å². The number of aromatic nitrogens is 2. The average Bonchev–Trinajstić information content (AvgIpc) is 2.80. The van der Waals surface area contributed by atoms with Gasteiger partial charge in [0.1, 0.15) is 15.5 Å². The molecule has 3 rings (SSSR count). The molecule has 4 N–H and O–H groups in total. The molecule has 3 aromatic rings. The number of sulfonamides is 1. The van der Waals surface area contributed by atoms with E-state index in [1.54, 1.807) is 39.0 Å². The summed E-state index contributed by atoms with van der Waals surface area (Å²) in [6.45, 7) is 5.72. The van der Waals surface area contributed by atoms with Crippen LogP contribution >= 0.6 is 11.6 Å². The Morgan fingerprint density at radius 3 is 2.40 bits per heavy atom. The lowest BCUT2D eigenvalue weighted by Gasteiger charge is -2.19. The molecule has 0 saturated carbocycles. The Hall–Kier alpha value is -3.41. The normalized spacial score (nSPS) is 11.6. The number of ether oxygens (including phenoxy) is 1. The Labute approximate surface area is 209 Å². The van der Waals surface area contributed by atoms with Crippen molar-refractivity contribution in [3.8, 4) is 0 Å². The van der Waals surface area contributed by atoms with Gasteiger partial charge in [-0.15, -0.1) is 0 Å². The number of nitrogens with one attached hydrogen (secondary N) is 4. The summed E-state index contributed by atoms with van der Waals surface area (Å²) in [5.41, 5.74) is 1.34. The second-order valence-corrected chi connectivity index (χ2v) is 10.7. The highest BCUT2D eigenvalue weighted by atomic mass is 35.5. The van der Waals surface area contributed by atoms with Gasteiger partial charge in [0.25, 0.3) is 0 Å². The summed E-state index contributed by atoms with van der Waals surface area (Å²) >= 11 is 6.25. The minimum atomic E-state index is -3.69. The fourth-order valence-corrected chi connectivity index (χ4v) is 3.90. The molecule has 0 aliphatic carbocycles. The lowest BCUT2D eigenvalue weighted by molar-refractivity contribution is 0.0523. The molecule has 10 nitrogen and oxygen atoms in total. The van der Waals surface area contributed by atoms with Crippen LogP contribution in [0.1, 0.15) is 26.3 Å². The van der Waals surface area contributed by atoms with E-state index >= 15 is 0 Å². The van der Waals surface area contributed by atoms with Gasteiger partial charge < -0.3 is 20.7 Å². The molecule has 1 aromatic heterocycles.